The first kappa shape index (κ1) is 12.5. The smallest absolute Gasteiger partial charge is 0.223 e. The number of aliphatic hydroxyl groups excluding tert-OH is 1. The minimum absolute atomic E-state index is 0.0942. The number of hydrogen-bond donors (Lipinski definition) is 2. The Morgan fingerprint density at radius 3 is 2.22 bits per heavy atom. The van der Waals surface area contributed by atoms with Crippen LogP contribution in [0.2, 0.25) is 0 Å². The maximum atomic E-state index is 12.1. The topological polar surface area (TPSA) is 49.3 Å². The van der Waals surface area contributed by atoms with E-state index in [-0.39, 0.29) is 6.10 Å². The molecule has 0 radical (unpaired) electrons. The van der Waals surface area contributed by atoms with Crippen LogP contribution in [0.1, 0.15) is 51.4 Å². The van der Waals surface area contributed by atoms with Gasteiger partial charge in [-0.05, 0) is 56.3 Å². The highest BCUT2D eigenvalue weighted by Crippen LogP contribution is 2.55. The molecule has 3 heteroatoms. The van der Waals surface area contributed by atoms with Gasteiger partial charge in [0, 0.05) is 12.5 Å². The lowest BCUT2D eigenvalue weighted by atomic mass is 9.87. The van der Waals surface area contributed by atoms with Gasteiger partial charge in [0.05, 0.1) is 6.10 Å². The molecule has 0 spiro atoms. The lowest BCUT2D eigenvalue weighted by molar-refractivity contribution is -0.123. The van der Waals surface area contributed by atoms with E-state index in [0.717, 1.165) is 32.2 Å². The van der Waals surface area contributed by atoms with E-state index >= 15 is 0 Å². The standard InChI is InChI=1S/C15H25NO2/c17-11-7-5-10(6-8-11)9-16-15(18)14-12-3-1-2-4-13(12)14/h10-14,17H,1-9H2,(H,16,18). The summed E-state index contributed by atoms with van der Waals surface area (Å²) < 4.78 is 0. The van der Waals surface area contributed by atoms with Crippen molar-refractivity contribution < 1.29 is 9.90 Å². The van der Waals surface area contributed by atoms with Crippen LogP contribution in [0.25, 0.3) is 0 Å². The first-order valence-electron chi connectivity index (χ1n) is 7.71. The SMILES string of the molecule is O=C(NCC1CCC(O)CC1)C1C2CCCCC21. The Bertz CT molecular complexity index is 298. The number of carbonyl (C=O) groups excluding carboxylic acids is 1. The van der Waals surface area contributed by atoms with E-state index in [1.807, 2.05) is 0 Å². The maximum absolute atomic E-state index is 12.1. The molecule has 18 heavy (non-hydrogen) atoms. The Kier molecular flexibility index (Phi) is 3.60. The molecule has 2 atom stereocenters. The largest absolute Gasteiger partial charge is 0.393 e. The van der Waals surface area contributed by atoms with Crippen molar-refractivity contribution in [2.45, 2.75) is 57.5 Å². The highest BCUT2D eigenvalue weighted by molar-refractivity contribution is 5.82. The summed E-state index contributed by atoms with van der Waals surface area (Å²) in [5.74, 6) is 2.69. The molecule has 102 valence electrons. The lowest BCUT2D eigenvalue weighted by Crippen LogP contribution is -2.33. The Morgan fingerprint density at radius 2 is 1.61 bits per heavy atom. The van der Waals surface area contributed by atoms with Gasteiger partial charge in [-0.2, -0.15) is 0 Å². The van der Waals surface area contributed by atoms with Gasteiger partial charge in [0.25, 0.3) is 0 Å². The van der Waals surface area contributed by atoms with Gasteiger partial charge in [0.15, 0.2) is 0 Å². The molecule has 3 aliphatic rings. The molecule has 0 aliphatic heterocycles. The third-order valence-electron chi connectivity index (χ3n) is 5.34. The van der Waals surface area contributed by atoms with E-state index in [1.54, 1.807) is 0 Å². The van der Waals surface area contributed by atoms with Gasteiger partial charge < -0.3 is 10.4 Å². The Labute approximate surface area is 109 Å². The maximum Gasteiger partial charge on any atom is 0.223 e. The second-order valence-electron chi connectivity index (χ2n) is 6.56. The van der Waals surface area contributed by atoms with Crippen molar-refractivity contribution >= 4 is 5.91 Å². The van der Waals surface area contributed by atoms with Crippen molar-refractivity contribution in [3.05, 3.63) is 0 Å². The number of aliphatic hydroxyl groups is 1. The van der Waals surface area contributed by atoms with Crippen molar-refractivity contribution in [1.82, 2.24) is 5.32 Å². The van der Waals surface area contributed by atoms with E-state index in [4.69, 9.17) is 0 Å². The second-order valence-corrected chi connectivity index (χ2v) is 6.56. The molecule has 0 aromatic heterocycles. The molecule has 2 N–H and O–H groups in total. The Morgan fingerprint density at radius 1 is 1.00 bits per heavy atom. The molecular formula is C15H25NO2. The highest BCUT2D eigenvalue weighted by Gasteiger charge is 2.54. The first-order chi connectivity index (χ1) is 8.75. The van der Waals surface area contributed by atoms with E-state index in [1.165, 1.54) is 25.7 Å². The minimum atomic E-state index is -0.0942. The van der Waals surface area contributed by atoms with Crippen molar-refractivity contribution in [2.75, 3.05) is 6.54 Å². The number of hydrogen-bond acceptors (Lipinski definition) is 2. The minimum Gasteiger partial charge on any atom is -0.393 e. The second kappa shape index (κ2) is 5.20. The molecule has 3 aliphatic carbocycles. The normalized spacial score (nSPS) is 43.1. The van der Waals surface area contributed by atoms with Crippen molar-refractivity contribution in [3.63, 3.8) is 0 Å². The first-order valence-corrected chi connectivity index (χ1v) is 7.71. The summed E-state index contributed by atoms with van der Waals surface area (Å²) in [5, 5.41) is 12.6. The van der Waals surface area contributed by atoms with Crippen LogP contribution in [0.3, 0.4) is 0 Å². The summed E-state index contributed by atoms with van der Waals surface area (Å²) in [7, 11) is 0. The number of carbonyl (C=O) groups is 1. The van der Waals surface area contributed by atoms with Crippen LogP contribution in [-0.2, 0) is 4.79 Å². The molecule has 0 aromatic rings. The zero-order valence-corrected chi connectivity index (χ0v) is 11.1. The van der Waals surface area contributed by atoms with Crippen LogP contribution in [0.5, 0.6) is 0 Å². The number of rotatable bonds is 3. The number of nitrogens with one attached hydrogen (secondary N) is 1. The number of amides is 1. The summed E-state index contributed by atoms with van der Waals surface area (Å²) in [6.45, 7) is 0.835. The van der Waals surface area contributed by atoms with Crippen LogP contribution < -0.4 is 5.32 Å². The predicted octanol–water partition coefficient (Wildman–Crippen LogP) is 2.09. The van der Waals surface area contributed by atoms with Gasteiger partial charge in [-0.25, -0.2) is 0 Å². The average molecular weight is 251 g/mol. The third-order valence-corrected chi connectivity index (χ3v) is 5.34. The van der Waals surface area contributed by atoms with Crippen LogP contribution in [0.15, 0.2) is 0 Å². The predicted molar refractivity (Wildman–Crippen MR) is 69.9 cm³/mol. The molecule has 2 unspecified atom stereocenters. The van der Waals surface area contributed by atoms with E-state index in [9.17, 15) is 9.90 Å². The molecule has 3 nitrogen and oxygen atoms in total. The Hall–Kier alpha value is -0.570. The fraction of sp³-hybridized carbons (Fsp3) is 0.933. The average Bonchev–Trinajstić information content (AvgIpc) is 3.12. The van der Waals surface area contributed by atoms with Gasteiger partial charge in [0.1, 0.15) is 0 Å². The van der Waals surface area contributed by atoms with Crippen LogP contribution in [0.4, 0.5) is 0 Å². The van der Waals surface area contributed by atoms with E-state index in [0.29, 0.717) is 29.6 Å². The Balaban J connectivity index is 1.40. The molecule has 3 rings (SSSR count). The van der Waals surface area contributed by atoms with Crippen molar-refractivity contribution in [1.29, 1.82) is 0 Å². The number of fused-ring (bicyclic) bond motifs is 1. The van der Waals surface area contributed by atoms with Gasteiger partial charge in [-0.3, -0.25) is 4.79 Å². The highest BCUT2D eigenvalue weighted by atomic mass is 16.3. The molecule has 1 amide bonds. The zero-order valence-electron chi connectivity index (χ0n) is 11.1. The lowest BCUT2D eigenvalue weighted by Gasteiger charge is -2.25. The summed E-state index contributed by atoms with van der Waals surface area (Å²) in [5.41, 5.74) is 0. The van der Waals surface area contributed by atoms with Crippen LogP contribution in [0, 0.1) is 23.7 Å². The van der Waals surface area contributed by atoms with Gasteiger partial charge >= 0.3 is 0 Å². The van der Waals surface area contributed by atoms with Crippen molar-refractivity contribution in [2.24, 2.45) is 23.7 Å². The quantitative estimate of drug-likeness (QED) is 0.807. The van der Waals surface area contributed by atoms with E-state index < -0.39 is 0 Å². The molecular weight excluding hydrogens is 226 g/mol. The fourth-order valence-electron chi connectivity index (χ4n) is 4.09. The molecule has 3 saturated carbocycles. The van der Waals surface area contributed by atoms with E-state index in [2.05, 4.69) is 5.32 Å². The van der Waals surface area contributed by atoms with Gasteiger partial charge in [0.2, 0.25) is 5.91 Å². The summed E-state index contributed by atoms with van der Waals surface area (Å²) in [4.78, 5) is 12.1. The third kappa shape index (κ3) is 2.56. The van der Waals surface area contributed by atoms with Gasteiger partial charge in [-0.1, -0.05) is 12.8 Å². The van der Waals surface area contributed by atoms with Crippen LogP contribution in [-0.4, -0.2) is 23.7 Å². The molecule has 0 heterocycles. The monoisotopic (exact) mass is 251 g/mol. The summed E-state index contributed by atoms with van der Waals surface area (Å²) >= 11 is 0. The summed E-state index contributed by atoms with van der Waals surface area (Å²) in [6.07, 6.45) is 9.07. The van der Waals surface area contributed by atoms with Gasteiger partial charge in [-0.15, -0.1) is 0 Å². The molecule has 0 bridgehead atoms. The van der Waals surface area contributed by atoms with Crippen molar-refractivity contribution in [3.8, 4) is 0 Å². The molecule has 0 aromatic carbocycles. The van der Waals surface area contributed by atoms with Crippen LogP contribution >= 0.6 is 0 Å². The molecule has 0 saturated heterocycles. The summed E-state index contributed by atoms with van der Waals surface area (Å²) in [6, 6.07) is 0. The fourth-order valence-corrected chi connectivity index (χ4v) is 4.09. The zero-order chi connectivity index (χ0) is 12.5. The molecule has 3 fully saturated rings.